The number of hydrogen-bond acceptors (Lipinski definition) is 7. The van der Waals surface area contributed by atoms with Crippen LogP contribution in [0.1, 0.15) is 23.9 Å². The van der Waals surface area contributed by atoms with Crippen molar-refractivity contribution >= 4 is 21.6 Å². The number of benzene rings is 1. The minimum atomic E-state index is -3.69. The smallest absolute Gasteiger partial charge is 0.243 e. The predicted octanol–water partition coefficient (Wildman–Crippen LogP) is -0.143. The molecule has 1 atom stereocenters. The molecule has 10 nitrogen and oxygen atoms in total. The van der Waals surface area contributed by atoms with Crippen molar-refractivity contribution in [1.82, 2.24) is 24.5 Å². The molecule has 2 aliphatic rings. The quantitative estimate of drug-likeness (QED) is 0.789. The van der Waals surface area contributed by atoms with E-state index >= 15 is 0 Å². The van der Waals surface area contributed by atoms with Gasteiger partial charge in [-0.05, 0) is 35.4 Å². The molecule has 1 fully saturated rings. The molecule has 1 aromatic carbocycles. The molecule has 2 aromatic rings. The van der Waals surface area contributed by atoms with Crippen molar-refractivity contribution in [3.63, 3.8) is 0 Å². The van der Waals surface area contributed by atoms with Crippen LogP contribution in [0.15, 0.2) is 23.1 Å². The summed E-state index contributed by atoms with van der Waals surface area (Å²) in [6.45, 7) is 0.637. The molecule has 0 bridgehead atoms. The van der Waals surface area contributed by atoms with Crippen molar-refractivity contribution in [2.45, 2.75) is 23.8 Å². The lowest BCUT2D eigenvalue weighted by Gasteiger charge is -2.31. The maximum atomic E-state index is 13.0. The van der Waals surface area contributed by atoms with Crippen molar-refractivity contribution in [2.24, 2.45) is 7.05 Å². The molecule has 1 N–H and O–H groups in total. The van der Waals surface area contributed by atoms with Gasteiger partial charge in [-0.2, -0.15) is 9.10 Å². The zero-order chi connectivity index (χ0) is 18.3. The van der Waals surface area contributed by atoms with E-state index in [9.17, 15) is 13.2 Å². The Kier molecular flexibility index (Phi) is 4.21. The second kappa shape index (κ2) is 6.41. The van der Waals surface area contributed by atoms with Gasteiger partial charge in [-0.1, -0.05) is 0 Å². The SMILES string of the molecule is Cn1nnc(C2CN(S(=O)(=O)c3ccc4c(c3)CCC(=O)N4)CCO2)n1. The van der Waals surface area contributed by atoms with E-state index in [0.29, 0.717) is 24.4 Å². The van der Waals surface area contributed by atoms with E-state index in [4.69, 9.17) is 4.74 Å². The van der Waals surface area contributed by atoms with E-state index in [1.807, 2.05) is 0 Å². The van der Waals surface area contributed by atoms with Gasteiger partial charge >= 0.3 is 0 Å². The highest BCUT2D eigenvalue weighted by atomic mass is 32.2. The molecule has 0 radical (unpaired) electrons. The Morgan fingerprint density at radius 1 is 1.31 bits per heavy atom. The summed E-state index contributed by atoms with van der Waals surface area (Å²) in [5, 5.41) is 14.5. The maximum absolute atomic E-state index is 13.0. The van der Waals surface area contributed by atoms with Gasteiger partial charge in [0.15, 0.2) is 0 Å². The molecule has 1 amide bonds. The Morgan fingerprint density at radius 2 is 2.15 bits per heavy atom. The number of morpholine rings is 1. The Bertz CT molecular complexity index is 957. The Labute approximate surface area is 150 Å². The van der Waals surface area contributed by atoms with Crippen molar-refractivity contribution < 1.29 is 17.9 Å². The maximum Gasteiger partial charge on any atom is 0.243 e. The van der Waals surface area contributed by atoms with Gasteiger partial charge in [0, 0.05) is 25.2 Å². The van der Waals surface area contributed by atoms with Gasteiger partial charge in [0.05, 0.1) is 18.6 Å². The number of fused-ring (bicyclic) bond motifs is 1. The van der Waals surface area contributed by atoms with Gasteiger partial charge in [0.25, 0.3) is 0 Å². The standard InChI is InChI=1S/C15H18N6O4S/c1-20-18-15(17-19-20)13-9-21(6-7-25-13)26(23,24)11-3-4-12-10(8-11)2-5-14(22)16-12/h3-4,8,13H,2,5-7,9H2,1H3,(H,16,22). The topological polar surface area (TPSA) is 119 Å². The zero-order valence-electron chi connectivity index (χ0n) is 14.1. The molecule has 11 heteroatoms. The molecule has 4 rings (SSSR count). The van der Waals surface area contributed by atoms with Crippen molar-refractivity contribution in [2.75, 3.05) is 25.0 Å². The molecular weight excluding hydrogens is 360 g/mol. The Hall–Kier alpha value is -2.37. The summed E-state index contributed by atoms with van der Waals surface area (Å²) >= 11 is 0. The zero-order valence-corrected chi connectivity index (χ0v) is 14.9. The summed E-state index contributed by atoms with van der Waals surface area (Å²) < 4.78 is 33.1. The Balaban J connectivity index is 1.59. The fourth-order valence-electron chi connectivity index (χ4n) is 3.10. The van der Waals surface area contributed by atoms with Crippen LogP contribution in [-0.4, -0.2) is 58.5 Å². The van der Waals surface area contributed by atoms with Crippen molar-refractivity contribution in [1.29, 1.82) is 0 Å². The van der Waals surface area contributed by atoms with Gasteiger partial charge in [-0.15, -0.1) is 10.2 Å². The van der Waals surface area contributed by atoms with E-state index in [0.717, 1.165) is 5.56 Å². The first-order chi connectivity index (χ1) is 12.4. The van der Waals surface area contributed by atoms with E-state index in [2.05, 4.69) is 20.7 Å². The molecule has 1 saturated heterocycles. The van der Waals surface area contributed by atoms with Crippen molar-refractivity contribution in [3.8, 4) is 0 Å². The Morgan fingerprint density at radius 3 is 2.92 bits per heavy atom. The summed E-state index contributed by atoms with van der Waals surface area (Å²) in [7, 11) is -2.05. The minimum Gasteiger partial charge on any atom is -0.367 e. The highest BCUT2D eigenvalue weighted by Gasteiger charge is 2.34. The van der Waals surface area contributed by atoms with E-state index in [-0.39, 0.29) is 30.5 Å². The molecule has 138 valence electrons. The number of sulfonamides is 1. The number of amides is 1. The lowest BCUT2D eigenvalue weighted by Crippen LogP contribution is -2.42. The molecule has 2 aliphatic heterocycles. The second-order valence-electron chi connectivity index (χ2n) is 6.23. The molecule has 0 saturated carbocycles. The normalized spacial score (nSPS) is 21.3. The fourth-order valence-corrected chi connectivity index (χ4v) is 4.57. The number of anilines is 1. The summed E-state index contributed by atoms with van der Waals surface area (Å²) in [4.78, 5) is 13.0. The molecule has 3 heterocycles. The predicted molar refractivity (Wildman–Crippen MR) is 89.6 cm³/mol. The van der Waals surface area contributed by atoms with E-state index in [1.54, 1.807) is 19.2 Å². The highest BCUT2D eigenvalue weighted by molar-refractivity contribution is 7.89. The number of carbonyl (C=O) groups excluding carboxylic acids is 1. The first-order valence-corrected chi connectivity index (χ1v) is 9.66. The van der Waals surface area contributed by atoms with Crippen LogP contribution < -0.4 is 5.32 Å². The monoisotopic (exact) mass is 378 g/mol. The summed E-state index contributed by atoms with van der Waals surface area (Å²) in [5.74, 6) is 0.307. The lowest BCUT2D eigenvalue weighted by molar-refractivity contribution is -0.116. The third kappa shape index (κ3) is 3.08. The van der Waals surface area contributed by atoms with Crippen LogP contribution in [0.4, 0.5) is 5.69 Å². The summed E-state index contributed by atoms with van der Waals surface area (Å²) in [6, 6.07) is 4.79. The summed E-state index contributed by atoms with van der Waals surface area (Å²) in [5.41, 5.74) is 1.50. The minimum absolute atomic E-state index is 0.0550. The third-order valence-electron chi connectivity index (χ3n) is 4.45. The largest absolute Gasteiger partial charge is 0.367 e. The van der Waals surface area contributed by atoms with E-state index in [1.165, 1.54) is 15.2 Å². The van der Waals surface area contributed by atoms with Crippen LogP contribution in [0.2, 0.25) is 0 Å². The first kappa shape index (κ1) is 17.1. The number of hydrogen-bond donors (Lipinski definition) is 1. The number of nitrogens with one attached hydrogen (secondary N) is 1. The molecule has 1 unspecified atom stereocenters. The van der Waals surface area contributed by atoms with Crippen LogP contribution in [0.3, 0.4) is 0 Å². The highest BCUT2D eigenvalue weighted by Crippen LogP contribution is 2.29. The fraction of sp³-hybridized carbons (Fsp3) is 0.467. The average molecular weight is 378 g/mol. The van der Waals surface area contributed by atoms with Crippen LogP contribution in [-0.2, 0) is 33.0 Å². The molecule has 1 aromatic heterocycles. The molecular formula is C15H18N6O4S. The van der Waals surface area contributed by atoms with Crippen LogP contribution in [0.25, 0.3) is 0 Å². The third-order valence-corrected chi connectivity index (χ3v) is 6.31. The number of carbonyl (C=O) groups is 1. The number of rotatable bonds is 3. The van der Waals surface area contributed by atoms with Gasteiger partial charge in [0.2, 0.25) is 21.8 Å². The number of ether oxygens (including phenoxy) is 1. The lowest BCUT2D eigenvalue weighted by atomic mass is 10.0. The van der Waals surface area contributed by atoms with Crippen molar-refractivity contribution in [3.05, 3.63) is 29.6 Å². The van der Waals surface area contributed by atoms with Crippen LogP contribution in [0, 0.1) is 0 Å². The number of nitrogens with zero attached hydrogens (tertiary/aromatic N) is 5. The first-order valence-electron chi connectivity index (χ1n) is 8.22. The molecule has 26 heavy (non-hydrogen) atoms. The molecule has 0 spiro atoms. The number of aromatic nitrogens is 4. The van der Waals surface area contributed by atoms with E-state index < -0.39 is 16.1 Å². The number of tetrazole rings is 1. The van der Waals surface area contributed by atoms with Gasteiger partial charge in [-0.25, -0.2) is 8.42 Å². The van der Waals surface area contributed by atoms with Crippen LogP contribution >= 0.6 is 0 Å². The summed E-state index contributed by atoms with van der Waals surface area (Å²) in [6.07, 6.45) is 0.331. The number of aryl methyl sites for hydroxylation is 2. The van der Waals surface area contributed by atoms with Crippen LogP contribution in [0.5, 0.6) is 0 Å². The molecule has 0 aliphatic carbocycles. The average Bonchev–Trinajstić information content (AvgIpc) is 3.08. The second-order valence-corrected chi connectivity index (χ2v) is 8.16. The van der Waals surface area contributed by atoms with Gasteiger partial charge in [0.1, 0.15) is 6.10 Å². The van der Waals surface area contributed by atoms with Gasteiger partial charge in [-0.3, -0.25) is 4.79 Å². The van der Waals surface area contributed by atoms with Gasteiger partial charge < -0.3 is 10.1 Å².